The first-order valence-corrected chi connectivity index (χ1v) is 4.75. The summed E-state index contributed by atoms with van der Waals surface area (Å²) in [5.74, 6) is 1.79. The van der Waals surface area contributed by atoms with E-state index in [0.717, 1.165) is 32.5 Å². The maximum Gasteiger partial charge on any atom is 0.295 e. The topological polar surface area (TPSA) is 32.3 Å². The molecule has 1 saturated heterocycles. The van der Waals surface area contributed by atoms with Crippen molar-refractivity contribution in [3.8, 4) is 12.3 Å². The van der Waals surface area contributed by atoms with Gasteiger partial charge in [0.25, 0.3) is 5.91 Å². The Kier molecular flexibility index (Phi) is 3.78. The van der Waals surface area contributed by atoms with E-state index in [-0.39, 0.29) is 11.9 Å². The fourth-order valence-corrected chi connectivity index (χ4v) is 1.69. The summed E-state index contributed by atoms with van der Waals surface area (Å²) in [6.07, 6.45) is 7.17. The Morgan fingerprint density at radius 3 is 3.15 bits per heavy atom. The number of hydrogen-bond donors (Lipinski definition) is 1. The third-order valence-corrected chi connectivity index (χ3v) is 2.42. The molecule has 3 heteroatoms. The van der Waals surface area contributed by atoms with Gasteiger partial charge in [-0.15, -0.1) is 6.42 Å². The summed E-state index contributed by atoms with van der Waals surface area (Å²) < 4.78 is 0. The Hall–Kier alpha value is -1.01. The van der Waals surface area contributed by atoms with Crippen LogP contribution in [0.25, 0.3) is 0 Å². The highest BCUT2D eigenvalue weighted by atomic mass is 16.1. The average Bonchev–Trinajstić information content (AvgIpc) is 2.18. The average molecular weight is 180 g/mol. The lowest BCUT2D eigenvalue weighted by atomic mass is 10.1. The Morgan fingerprint density at radius 2 is 2.54 bits per heavy atom. The van der Waals surface area contributed by atoms with Crippen molar-refractivity contribution in [3.05, 3.63) is 0 Å². The number of rotatable bonds is 2. The molecule has 1 amide bonds. The molecule has 1 fully saturated rings. The van der Waals surface area contributed by atoms with Gasteiger partial charge in [0, 0.05) is 12.6 Å². The van der Waals surface area contributed by atoms with Gasteiger partial charge < -0.3 is 10.2 Å². The van der Waals surface area contributed by atoms with Gasteiger partial charge in [-0.2, -0.15) is 0 Å². The van der Waals surface area contributed by atoms with E-state index in [1.165, 1.54) is 0 Å². The summed E-state index contributed by atoms with van der Waals surface area (Å²) in [6, 6.07) is 0.247. The molecule has 1 N–H and O–H groups in total. The van der Waals surface area contributed by atoms with Crippen molar-refractivity contribution in [1.29, 1.82) is 0 Å². The van der Waals surface area contributed by atoms with Crippen LogP contribution < -0.4 is 5.32 Å². The number of likely N-dealkylation sites (tertiary alicyclic amines) is 1. The lowest BCUT2D eigenvalue weighted by molar-refractivity contribution is -0.116. The summed E-state index contributed by atoms with van der Waals surface area (Å²) in [5.41, 5.74) is 0. The number of hydrogen-bond acceptors (Lipinski definition) is 2. The minimum atomic E-state index is -0.289. The normalized spacial score (nSPS) is 23.5. The van der Waals surface area contributed by atoms with Gasteiger partial charge in [-0.05, 0) is 31.9 Å². The van der Waals surface area contributed by atoms with Crippen molar-refractivity contribution in [2.75, 3.05) is 19.6 Å². The van der Waals surface area contributed by atoms with Gasteiger partial charge in [0.1, 0.15) is 0 Å². The van der Waals surface area contributed by atoms with Crippen molar-refractivity contribution in [1.82, 2.24) is 10.2 Å². The minimum Gasteiger partial charge on any atom is -0.341 e. The molecule has 0 radical (unpaired) electrons. The van der Waals surface area contributed by atoms with Crippen LogP contribution in [-0.4, -0.2) is 36.5 Å². The highest BCUT2D eigenvalue weighted by Crippen LogP contribution is 2.08. The maximum atomic E-state index is 10.9. The Labute approximate surface area is 79.5 Å². The molecule has 1 rings (SSSR count). The first-order chi connectivity index (χ1) is 6.26. The number of terminal acetylenes is 1. The van der Waals surface area contributed by atoms with Crippen molar-refractivity contribution in [3.63, 3.8) is 0 Å². The zero-order chi connectivity index (χ0) is 9.68. The number of nitrogens with one attached hydrogen (secondary N) is 1. The number of likely N-dealkylation sites (N-methyl/N-ethyl adjacent to an activating group) is 1. The van der Waals surface area contributed by atoms with Crippen molar-refractivity contribution in [2.24, 2.45) is 0 Å². The summed E-state index contributed by atoms with van der Waals surface area (Å²) >= 11 is 0. The summed E-state index contributed by atoms with van der Waals surface area (Å²) in [7, 11) is 0. The van der Waals surface area contributed by atoms with E-state index in [9.17, 15) is 4.79 Å². The summed E-state index contributed by atoms with van der Waals surface area (Å²) in [4.78, 5) is 13.2. The van der Waals surface area contributed by atoms with Crippen LogP contribution >= 0.6 is 0 Å². The van der Waals surface area contributed by atoms with Crippen molar-refractivity contribution >= 4 is 5.91 Å². The van der Waals surface area contributed by atoms with Crippen LogP contribution in [0, 0.1) is 12.3 Å². The molecule has 0 aliphatic carbocycles. The highest BCUT2D eigenvalue weighted by molar-refractivity contribution is 5.93. The quantitative estimate of drug-likeness (QED) is 0.617. The van der Waals surface area contributed by atoms with Crippen molar-refractivity contribution < 1.29 is 4.79 Å². The summed E-state index contributed by atoms with van der Waals surface area (Å²) in [5, 5.41) is 2.82. The molecular weight excluding hydrogens is 164 g/mol. The third kappa shape index (κ3) is 3.08. The maximum absolute atomic E-state index is 10.9. The van der Waals surface area contributed by atoms with Crippen LogP contribution in [0.4, 0.5) is 0 Å². The molecule has 1 atom stereocenters. The molecule has 1 unspecified atom stereocenters. The molecule has 0 spiro atoms. The lowest BCUT2D eigenvalue weighted by Crippen LogP contribution is -2.47. The summed E-state index contributed by atoms with van der Waals surface area (Å²) in [6.45, 7) is 5.25. The molecular formula is C10H16N2O. The molecule has 0 aromatic rings. The van der Waals surface area contributed by atoms with Gasteiger partial charge in [-0.25, -0.2) is 0 Å². The SMILES string of the molecule is C#CC(=O)NC1CCCN(CC)C1. The van der Waals surface area contributed by atoms with Crippen LogP contribution in [0.3, 0.4) is 0 Å². The minimum absolute atomic E-state index is 0.247. The predicted molar refractivity (Wildman–Crippen MR) is 52.1 cm³/mol. The van der Waals surface area contributed by atoms with Gasteiger partial charge in [0.2, 0.25) is 0 Å². The van der Waals surface area contributed by atoms with Crippen LogP contribution in [0.2, 0.25) is 0 Å². The molecule has 1 heterocycles. The standard InChI is InChI=1S/C10H16N2O/c1-3-10(13)11-9-6-5-7-12(4-2)8-9/h1,9H,4-8H2,2H3,(H,11,13). The second-order valence-corrected chi connectivity index (χ2v) is 3.35. The third-order valence-electron chi connectivity index (χ3n) is 2.42. The van der Waals surface area contributed by atoms with E-state index in [1.807, 2.05) is 0 Å². The number of carbonyl (C=O) groups is 1. The van der Waals surface area contributed by atoms with E-state index in [4.69, 9.17) is 6.42 Å². The van der Waals surface area contributed by atoms with Gasteiger partial charge >= 0.3 is 0 Å². The lowest BCUT2D eigenvalue weighted by Gasteiger charge is -2.31. The zero-order valence-electron chi connectivity index (χ0n) is 8.05. The smallest absolute Gasteiger partial charge is 0.295 e. The predicted octanol–water partition coefficient (Wildman–Crippen LogP) is 0.220. The van der Waals surface area contributed by atoms with E-state index in [0.29, 0.717) is 0 Å². The molecule has 1 aliphatic rings. The molecule has 0 saturated carbocycles. The van der Waals surface area contributed by atoms with Crippen LogP contribution in [0.1, 0.15) is 19.8 Å². The van der Waals surface area contributed by atoms with Gasteiger partial charge in [0.15, 0.2) is 0 Å². The van der Waals surface area contributed by atoms with E-state index >= 15 is 0 Å². The zero-order valence-corrected chi connectivity index (χ0v) is 8.05. The Bertz CT molecular complexity index is 219. The molecule has 0 bridgehead atoms. The van der Waals surface area contributed by atoms with Crippen LogP contribution in [-0.2, 0) is 4.79 Å². The van der Waals surface area contributed by atoms with Crippen molar-refractivity contribution in [2.45, 2.75) is 25.8 Å². The molecule has 1 aliphatic heterocycles. The van der Waals surface area contributed by atoms with E-state index < -0.39 is 0 Å². The second-order valence-electron chi connectivity index (χ2n) is 3.35. The molecule has 13 heavy (non-hydrogen) atoms. The highest BCUT2D eigenvalue weighted by Gasteiger charge is 2.19. The van der Waals surface area contributed by atoms with Gasteiger partial charge in [-0.1, -0.05) is 6.92 Å². The first-order valence-electron chi connectivity index (χ1n) is 4.75. The van der Waals surface area contributed by atoms with Crippen LogP contribution in [0.5, 0.6) is 0 Å². The second kappa shape index (κ2) is 4.88. The first kappa shape index (κ1) is 10.1. The Morgan fingerprint density at radius 1 is 1.77 bits per heavy atom. The molecule has 3 nitrogen and oxygen atoms in total. The fraction of sp³-hybridized carbons (Fsp3) is 0.700. The molecule has 0 aromatic carbocycles. The van der Waals surface area contributed by atoms with Crippen LogP contribution in [0.15, 0.2) is 0 Å². The fourth-order valence-electron chi connectivity index (χ4n) is 1.69. The molecule has 72 valence electrons. The largest absolute Gasteiger partial charge is 0.341 e. The number of nitrogens with zero attached hydrogens (tertiary/aromatic N) is 1. The molecule has 0 aromatic heterocycles. The van der Waals surface area contributed by atoms with Gasteiger partial charge in [0.05, 0.1) is 0 Å². The number of amides is 1. The van der Waals surface area contributed by atoms with E-state index in [1.54, 1.807) is 0 Å². The van der Waals surface area contributed by atoms with E-state index in [2.05, 4.69) is 23.1 Å². The monoisotopic (exact) mass is 180 g/mol. The number of carbonyl (C=O) groups excluding carboxylic acids is 1. The van der Waals surface area contributed by atoms with Gasteiger partial charge in [-0.3, -0.25) is 4.79 Å². The number of piperidine rings is 1. The Balaban J connectivity index is 2.35.